The Morgan fingerprint density at radius 1 is 0.864 bits per heavy atom. The third-order valence-corrected chi connectivity index (χ3v) is 5.08. The van der Waals surface area contributed by atoms with E-state index in [2.05, 4.69) is 74.6 Å². The van der Waals surface area contributed by atoms with E-state index in [1.807, 2.05) is 0 Å². The van der Waals surface area contributed by atoms with Crippen molar-refractivity contribution in [2.75, 3.05) is 0 Å². The maximum atomic E-state index is 10.5. The molecule has 1 aliphatic heterocycles. The highest BCUT2D eigenvalue weighted by Gasteiger charge is 2.38. The van der Waals surface area contributed by atoms with E-state index in [1.165, 1.54) is 22.3 Å². The Morgan fingerprint density at radius 2 is 1.36 bits per heavy atom. The summed E-state index contributed by atoms with van der Waals surface area (Å²) in [5.41, 5.74) is 5.19. The summed E-state index contributed by atoms with van der Waals surface area (Å²) in [6.45, 7) is 6.39. The molecule has 0 spiro atoms. The number of aliphatic hydroxyl groups excluding tert-OH is 1. The molecule has 0 bridgehead atoms. The van der Waals surface area contributed by atoms with Crippen LogP contribution in [0.15, 0.2) is 48.5 Å². The number of hydrogen-bond donors (Lipinski definition) is 2. The van der Waals surface area contributed by atoms with Crippen molar-refractivity contribution < 1.29 is 10.4 Å². The van der Waals surface area contributed by atoms with Gasteiger partial charge in [0.15, 0.2) is 0 Å². The van der Waals surface area contributed by atoms with Crippen molar-refractivity contribution in [3.63, 3.8) is 0 Å². The number of rotatable bonds is 2. The molecule has 22 heavy (non-hydrogen) atoms. The van der Waals surface area contributed by atoms with E-state index < -0.39 is 0 Å². The Hall–Kier alpha value is -1.64. The second kappa shape index (κ2) is 6.23. The van der Waals surface area contributed by atoms with Crippen LogP contribution in [-0.4, -0.2) is 11.2 Å². The third-order valence-electron chi connectivity index (χ3n) is 5.08. The quantitative estimate of drug-likeness (QED) is 0.878. The molecule has 1 fully saturated rings. The van der Waals surface area contributed by atoms with Crippen LogP contribution < -0.4 is 5.32 Å². The predicted octanol–water partition coefficient (Wildman–Crippen LogP) is 3.05. The van der Waals surface area contributed by atoms with Crippen LogP contribution in [0, 0.1) is 19.8 Å². The van der Waals surface area contributed by atoms with Gasteiger partial charge in [-0.25, -0.2) is 0 Å². The summed E-state index contributed by atoms with van der Waals surface area (Å²) in [6.07, 6.45) is 0.578. The lowest BCUT2D eigenvalue weighted by molar-refractivity contribution is -0.752. The molecule has 2 heteroatoms. The molecule has 0 aliphatic carbocycles. The lowest BCUT2D eigenvalue weighted by atomic mass is 9.81. The molecular weight excluding hydrogens is 270 g/mol. The average Bonchev–Trinajstić information content (AvgIpc) is 2.52. The molecule has 2 nitrogen and oxygen atoms in total. The minimum Gasteiger partial charge on any atom is -0.392 e. The molecule has 2 aromatic rings. The summed E-state index contributed by atoms with van der Waals surface area (Å²) in [4.78, 5) is 0. The van der Waals surface area contributed by atoms with E-state index in [1.54, 1.807) is 0 Å². The molecule has 0 radical (unpaired) electrons. The van der Waals surface area contributed by atoms with Crippen LogP contribution in [0.3, 0.4) is 0 Å². The first-order valence-corrected chi connectivity index (χ1v) is 8.21. The number of nitrogens with two attached hydrogens (primary N) is 1. The van der Waals surface area contributed by atoms with Gasteiger partial charge in [-0.05, 0) is 13.8 Å². The first-order valence-electron chi connectivity index (χ1n) is 8.21. The van der Waals surface area contributed by atoms with Gasteiger partial charge >= 0.3 is 0 Å². The molecule has 0 saturated carbocycles. The molecular formula is C20H26NO+. The minimum atomic E-state index is -0.248. The highest BCUT2D eigenvalue weighted by molar-refractivity contribution is 5.26. The van der Waals surface area contributed by atoms with Gasteiger partial charge in [0.05, 0.1) is 6.10 Å². The summed E-state index contributed by atoms with van der Waals surface area (Å²) in [5, 5.41) is 13.0. The highest BCUT2D eigenvalue weighted by atomic mass is 16.3. The van der Waals surface area contributed by atoms with Crippen LogP contribution in [0.5, 0.6) is 0 Å². The zero-order chi connectivity index (χ0) is 15.7. The summed E-state index contributed by atoms with van der Waals surface area (Å²) in [7, 11) is 0. The Bertz CT molecular complexity index is 617. The van der Waals surface area contributed by atoms with Gasteiger partial charge in [0, 0.05) is 23.5 Å². The van der Waals surface area contributed by atoms with Gasteiger partial charge in [0.25, 0.3) is 0 Å². The zero-order valence-corrected chi connectivity index (χ0v) is 13.7. The van der Waals surface area contributed by atoms with E-state index in [9.17, 15) is 5.11 Å². The van der Waals surface area contributed by atoms with Gasteiger partial charge in [-0.1, -0.05) is 66.6 Å². The number of aliphatic hydroxyl groups is 1. The summed E-state index contributed by atoms with van der Waals surface area (Å²) in [6, 6.07) is 18.1. The van der Waals surface area contributed by atoms with Crippen molar-refractivity contribution in [3.05, 3.63) is 70.8 Å². The second-order valence-electron chi connectivity index (χ2n) is 6.81. The first kappa shape index (κ1) is 15.3. The van der Waals surface area contributed by atoms with Gasteiger partial charge in [-0.15, -0.1) is 0 Å². The monoisotopic (exact) mass is 296 g/mol. The van der Waals surface area contributed by atoms with Crippen LogP contribution in [-0.2, 0) is 0 Å². The SMILES string of the molecule is Cc1ccc([C@H]2C[C@H](O)[C@H](C)[C@H](c3ccc(C)cc3)[NH2+]2)cc1. The normalized spacial score (nSPS) is 28.5. The molecule has 3 rings (SSSR count). The summed E-state index contributed by atoms with van der Waals surface area (Å²) in [5.74, 6) is 0.268. The molecule has 0 aromatic heterocycles. The van der Waals surface area contributed by atoms with E-state index in [0.717, 1.165) is 6.42 Å². The molecule has 0 amide bonds. The van der Waals surface area contributed by atoms with Crippen LogP contribution in [0.2, 0.25) is 0 Å². The first-order chi connectivity index (χ1) is 10.5. The van der Waals surface area contributed by atoms with E-state index in [0.29, 0.717) is 12.1 Å². The van der Waals surface area contributed by atoms with Gasteiger partial charge in [-0.3, -0.25) is 0 Å². The molecule has 116 valence electrons. The topological polar surface area (TPSA) is 36.8 Å². The Morgan fingerprint density at radius 3 is 1.91 bits per heavy atom. The van der Waals surface area contributed by atoms with Gasteiger partial charge < -0.3 is 10.4 Å². The fourth-order valence-electron chi connectivity index (χ4n) is 3.48. The number of quaternary nitrogens is 1. The standard InChI is InChI=1S/C20H25NO/c1-13-4-8-16(9-5-13)18-12-19(22)15(3)20(21-18)17-10-6-14(2)7-11-17/h4-11,15,18-22H,12H2,1-3H3/p+1/t15-,18+,19-,20+/m0/s1. The second-order valence-corrected chi connectivity index (χ2v) is 6.81. The molecule has 4 atom stereocenters. The number of hydrogen-bond acceptors (Lipinski definition) is 1. The molecule has 1 aliphatic rings. The van der Waals surface area contributed by atoms with Crippen LogP contribution >= 0.6 is 0 Å². The van der Waals surface area contributed by atoms with Crippen molar-refractivity contribution in [1.29, 1.82) is 0 Å². The lowest BCUT2D eigenvalue weighted by Gasteiger charge is -2.36. The van der Waals surface area contributed by atoms with E-state index in [4.69, 9.17) is 0 Å². The maximum absolute atomic E-state index is 10.5. The molecule has 0 unspecified atom stereocenters. The largest absolute Gasteiger partial charge is 0.392 e. The van der Waals surface area contributed by atoms with Crippen LogP contribution in [0.4, 0.5) is 0 Å². The molecule has 1 heterocycles. The summed E-state index contributed by atoms with van der Waals surface area (Å²) >= 11 is 0. The highest BCUT2D eigenvalue weighted by Crippen LogP contribution is 2.31. The van der Waals surface area contributed by atoms with Gasteiger partial charge in [-0.2, -0.15) is 0 Å². The maximum Gasteiger partial charge on any atom is 0.117 e. The minimum absolute atomic E-state index is 0.248. The molecule has 1 saturated heterocycles. The fourth-order valence-corrected chi connectivity index (χ4v) is 3.48. The van der Waals surface area contributed by atoms with E-state index >= 15 is 0 Å². The predicted molar refractivity (Wildman–Crippen MR) is 89.6 cm³/mol. The van der Waals surface area contributed by atoms with Crippen molar-refractivity contribution >= 4 is 0 Å². The number of benzene rings is 2. The Labute approximate surface area is 133 Å². The molecule has 3 N–H and O–H groups in total. The smallest absolute Gasteiger partial charge is 0.117 e. The Kier molecular flexibility index (Phi) is 4.32. The van der Waals surface area contributed by atoms with Crippen molar-refractivity contribution in [2.45, 2.75) is 45.4 Å². The molecule has 2 aromatic carbocycles. The number of piperidine rings is 1. The van der Waals surface area contributed by atoms with Gasteiger partial charge in [0.2, 0.25) is 0 Å². The van der Waals surface area contributed by atoms with Gasteiger partial charge in [0.1, 0.15) is 12.1 Å². The average molecular weight is 296 g/mol. The van der Waals surface area contributed by atoms with Crippen LogP contribution in [0.25, 0.3) is 0 Å². The van der Waals surface area contributed by atoms with Crippen LogP contribution in [0.1, 0.15) is 47.7 Å². The number of aryl methyl sites for hydroxylation is 2. The Balaban J connectivity index is 1.86. The van der Waals surface area contributed by atoms with E-state index in [-0.39, 0.29) is 12.0 Å². The summed E-state index contributed by atoms with van der Waals surface area (Å²) < 4.78 is 0. The lowest BCUT2D eigenvalue weighted by Crippen LogP contribution is -2.90. The van der Waals surface area contributed by atoms with Crippen molar-refractivity contribution in [2.24, 2.45) is 5.92 Å². The third kappa shape index (κ3) is 3.08. The zero-order valence-electron chi connectivity index (χ0n) is 13.7. The van der Waals surface area contributed by atoms with Crippen molar-refractivity contribution in [3.8, 4) is 0 Å². The fraction of sp³-hybridized carbons (Fsp3) is 0.400. The van der Waals surface area contributed by atoms with Crippen molar-refractivity contribution in [1.82, 2.24) is 0 Å².